The summed E-state index contributed by atoms with van der Waals surface area (Å²) in [7, 11) is 0. The minimum absolute atomic E-state index is 0.200. The lowest BCUT2D eigenvalue weighted by atomic mass is 9.99. The number of hydrogen-bond acceptors (Lipinski definition) is 3. The summed E-state index contributed by atoms with van der Waals surface area (Å²) in [6.45, 7) is 9.54. The molecule has 0 N–H and O–H groups in total. The zero-order valence-electron chi connectivity index (χ0n) is 16.5. The molecule has 0 saturated heterocycles. The van der Waals surface area contributed by atoms with Crippen LogP contribution in [0.5, 0.6) is 0 Å². The normalized spacial score (nSPS) is 14.3. The van der Waals surface area contributed by atoms with Crippen LogP contribution >= 0.6 is 0 Å². The average molecular weight is 362 g/mol. The molecular weight excluding hydrogens is 336 g/mol. The van der Waals surface area contributed by atoms with Gasteiger partial charge in [-0.15, -0.1) is 0 Å². The van der Waals surface area contributed by atoms with Crippen molar-refractivity contribution < 1.29 is 9.59 Å². The Labute approximate surface area is 161 Å². The van der Waals surface area contributed by atoms with E-state index in [1.807, 2.05) is 81.1 Å². The lowest BCUT2D eigenvalue weighted by Gasteiger charge is -2.24. The molecule has 1 aliphatic heterocycles. The predicted octanol–water partition coefficient (Wildman–Crippen LogP) is 3.93. The summed E-state index contributed by atoms with van der Waals surface area (Å²) < 4.78 is 0. The monoisotopic (exact) mass is 362 g/mol. The van der Waals surface area contributed by atoms with Gasteiger partial charge in [-0.25, -0.2) is 0 Å². The third-order valence-electron chi connectivity index (χ3n) is 5.17. The van der Waals surface area contributed by atoms with Gasteiger partial charge in [-0.1, -0.05) is 48.5 Å². The van der Waals surface area contributed by atoms with E-state index in [1.165, 1.54) is 10.5 Å². The van der Waals surface area contributed by atoms with Crippen LogP contribution in [0.4, 0.5) is 0 Å². The van der Waals surface area contributed by atoms with E-state index >= 15 is 0 Å². The molecule has 1 aliphatic rings. The highest BCUT2D eigenvalue weighted by atomic mass is 16.2. The molecular formula is C23H26N2O2. The molecule has 0 unspecified atom stereocenters. The summed E-state index contributed by atoms with van der Waals surface area (Å²) in [5.74, 6) is -0.402. The van der Waals surface area contributed by atoms with Gasteiger partial charge in [0.15, 0.2) is 0 Å². The Bertz CT molecular complexity index is 900. The van der Waals surface area contributed by atoms with E-state index < -0.39 is 0 Å². The molecule has 4 nitrogen and oxygen atoms in total. The van der Waals surface area contributed by atoms with Crippen LogP contribution in [0, 0.1) is 13.8 Å². The molecule has 2 amide bonds. The molecule has 0 aliphatic carbocycles. The Hall–Kier alpha value is -2.88. The summed E-state index contributed by atoms with van der Waals surface area (Å²) in [6.07, 6.45) is 0. The fraction of sp³-hybridized carbons (Fsp3) is 0.304. The highest BCUT2D eigenvalue weighted by Crippen LogP contribution is 2.33. The molecule has 0 bridgehead atoms. The first-order valence-electron chi connectivity index (χ1n) is 9.44. The predicted molar refractivity (Wildman–Crippen MR) is 108 cm³/mol. The van der Waals surface area contributed by atoms with Crippen LogP contribution in [-0.2, 0) is 16.1 Å². The van der Waals surface area contributed by atoms with E-state index in [1.54, 1.807) is 0 Å². The average Bonchev–Trinajstić information content (AvgIpc) is 2.92. The second kappa shape index (κ2) is 7.78. The summed E-state index contributed by atoms with van der Waals surface area (Å²) >= 11 is 0. The van der Waals surface area contributed by atoms with Crippen molar-refractivity contribution in [1.29, 1.82) is 0 Å². The molecule has 0 aromatic heterocycles. The van der Waals surface area contributed by atoms with Crippen LogP contribution in [0.15, 0.2) is 54.2 Å². The van der Waals surface area contributed by atoms with Crippen molar-refractivity contribution in [1.82, 2.24) is 9.80 Å². The zero-order chi connectivity index (χ0) is 19.6. The molecule has 0 atom stereocenters. The maximum atomic E-state index is 13.1. The second-order valence-corrected chi connectivity index (χ2v) is 6.88. The van der Waals surface area contributed by atoms with Crippen molar-refractivity contribution in [2.75, 3.05) is 13.1 Å². The van der Waals surface area contributed by atoms with Crippen molar-refractivity contribution in [2.24, 2.45) is 0 Å². The van der Waals surface area contributed by atoms with Crippen molar-refractivity contribution >= 4 is 17.4 Å². The summed E-state index contributed by atoms with van der Waals surface area (Å²) in [5, 5.41) is 0. The minimum Gasteiger partial charge on any atom is -0.362 e. The van der Waals surface area contributed by atoms with Crippen LogP contribution in [0.3, 0.4) is 0 Å². The van der Waals surface area contributed by atoms with Gasteiger partial charge in [0, 0.05) is 19.6 Å². The summed E-state index contributed by atoms with van der Waals surface area (Å²) in [6, 6.07) is 16.0. The summed E-state index contributed by atoms with van der Waals surface area (Å²) in [4.78, 5) is 29.5. The van der Waals surface area contributed by atoms with Crippen LogP contribution in [0.1, 0.15) is 36.1 Å². The van der Waals surface area contributed by atoms with Gasteiger partial charge in [-0.3, -0.25) is 14.5 Å². The number of likely N-dealkylation sites (N-methyl/N-ethyl adjacent to an activating group) is 2. The Kier molecular flexibility index (Phi) is 5.45. The van der Waals surface area contributed by atoms with Crippen LogP contribution in [0.2, 0.25) is 0 Å². The van der Waals surface area contributed by atoms with Crippen LogP contribution in [0.25, 0.3) is 5.57 Å². The molecule has 1 heterocycles. The Morgan fingerprint density at radius 1 is 0.889 bits per heavy atom. The molecule has 3 rings (SSSR count). The molecule has 4 heteroatoms. The van der Waals surface area contributed by atoms with Crippen molar-refractivity contribution in [3.8, 4) is 0 Å². The zero-order valence-corrected chi connectivity index (χ0v) is 16.5. The fourth-order valence-corrected chi connectivity index (χ4v) is 3.45. The number of carbonyl (C=O) groups is 2. The van der Waals surface area contributed by atoms with E-state index in [4.69, 9.17) is 0 Å². The smallest absolute Gasteiger partial charge is 0.277 e. The van der Waals surface area contributed by atoms with E-state index in [0.717, 1.165) is 16.7 Å². The number of rotatable bonds is 6. The van der Waals surface area contributed by atoms with Gasteiger partial charge in [-0.2, -0.15) is 0 Å². The van der Waals surface area contributed by atoms with Crippen molar-refractivity contribution in [3.05, 3.63) is 76.5 Å². The topological polar surface area (TPSA) is 40.6 Å². The molecule has 0 fully saturated rings. The highest BCUT2D eigenvalue weighted by Gasteiger charge is 2.40. The first-order chi connectivity index (χ1) is 13.0. The molecule has 140 valence electrons. The molecule has 2 aromatic carbocycles. The van der Waals surface area contributed by atoms with Gasteiger partial charge in [0.25, 0.3) is 11.8 Å². The van der Waals surface area contributed by atoms with E-state index in [-0.39, 0.29) is 11.8 Å². The lowest BCUT2D eigenvalue weighted by Crippen LogP contribution is -2.34. The van der Waals surface area contributed by atoms with Gasteiger partial charge < -0.3 is 4.90 Å². The number of nitrogens with zero attached hydrogens (tertiary/aromatic N) is 2. The Morgan fingerprint density at radius 3 is 2.19 bits per heavy atom. The molecule has 27 heavy (non-hydrogen) atoms. The molecule has 2 aromatic rings. The van der Waals surface area contributed by atoms with Gasteiger partial charge in [0.2, 0.25) is 0 Å². The first-order valence-corrected chi connectivity index (χ1v) is 9.44. The summed E-state index contributed by atoms with van der Waals surface area (Å²) in [5.41, 5.74) is 5.23. The standard InChI is InChI=1S/C23H26N2O2/c1-5-24(15-18-10-8-7-9-11-18)21-20(22(26)25(6-2)23(21)27)19-13-12-16(3)17(4)14-19/h7-14H,5-6,15H2,1-4H3. The van der Waals surface area contributed by atoms with Crippen molar-refractivity contribution in [2.45, 2.75) is 34.2 Å². The van der Waals surface area contributed by atoms with Gasteiger partial charge >= 0.3 is 0 Å². The minimum atomic E-state index is -0.202. The molecule has 0 spiro atoms. The van der Waals surface area contributed by atoms with Gasteiger partial charge in [-0.05, 0) is 49.9 Å². The van der Waals surface area contributed by atoms with E-state index in [0.29, 0.717) is 30.9 Å². The third-order valence-corrected chi connectivity index (χ3v) is 5.17. The maximum Gasteiger partial charge on any atom is 0.277 e. The van der Waals surface area contributed by atoms with Crippen LogP contribution < -0.4 is 0 Å². The molecule has 0 saturated carbocycles. The van der Waals surface area contributed by atoms with Gasteiger partial charge in [0.1, 0.15) is 5.70 Å². The lowest BCUT2D eigenvalue weighted by molar-refractivity contribution is -0.137. The van der Waals surface area contributed by atoms with Gasteiger partial charge in [0.05, 0.1) is 5.57 Å². The number of amides is 2. The Balaban J connectivity index is 2.12. The van der Waals surface area contributed by atoms with Crippen molar-refractivity contribution in [3.63, 3.8) is 0 Å². The second-order valence-electron chi connectivity index (χ2n) is 6.88. The van der Waals surface area contributed by atoms with E-state index in [2.05, 4.69) is 0 Å². The number of aryl methyl sites for hydroxylation is 2. The SMILES string of the molecule is CCN(Cc1ccccc1)C1=C(c2ccc(C)c(C)c2)C(=O)N(CC)C1=O. The number of hydrogen-bond donors (Lipinski definition) is 0. The first kappa shape index (κ1) is 18.9. The van der Waals surface area contributed by atoms with E-state index in [9.17, 15) is 9.59 Å². The number of carbonyl (C=O) groups excluding carboxylic acids is 2. The third kappa shape index (κ3) is 3.52. The highest BCUT2D eigenvalue weighted by molar-refractivity contribution is 6.35. The quantitative estimate of drug-likeness (QED) is 0.731. The number of benzene rings is 2. The molecule has 0 radical (unpaired) electrons. The fourth-order valence-electron chi connectivity index (χ4n) is 3.45. The largest absolute Gasteiger partial charge is 0.362 e. The maximum absolute atomic E-state index is 13.1. The number of imide groups is 1. The van der Waals surface area contributed by atoms with Crippen LogP contribution in [-0.4, -0.2) is 34.7 Å². The Morgan fingerprint density at radius 2 is 1.59 bits per heavy atom.